The molecule has 1 aliphatic carbocycles. The fourth-order valence-corrected chi connectivity index (χ4v) is 2.87. The number of nitrogens with one attached hydrogen (secondary N) is 1. The molecule has 0 aromatic heterocycles. The first-order valence-corrected chi connectivity index (χ1v) is 7.48. The van der Waals surface area contributed by atoms with Gasteiger partial charge in [-0.15, -0.1) is 0 Å². The summed E-state index contributed by atoms with van der Waals surface area (Å²) in [4.78, 5) is 23.5. The van der Waals surface area contributed by atoms with E-state index in [-0.39, 0.29) is 0 Å². The Hall–Kier alpha value is -1.98. The Morgan fingerprint density at radius 2 is 1.77 bits per heavy atom. The highest BCUT2D eigenvalue weighted by atomic mass is 19.1. The molecule has 22 heavy (non-hydrogen) atoms. The average Bonchev–Trinajstić information content (AvgIpc) is 2.44. The molecular weight excluding hydrogens is 292 g/mol. The van der Waals surface area contributed by atoms with E-state index in [1.54, 1.807) is 0 Å². The number of hydrogen-bond acceptors (Lipinski definition) is 2. The van der Waals surface area contributed by atoms with Crippen molar-refractivity contribution >= 4 is 11.9 Å². The summed E-state index contributed by atoms with van der Waals surface area (Å²) in [6.07, 6.45) is 4.56. The number of amides is 1. The lowest BCUT2D eigenvalue weighted by Gasteiger charge is -2.27. The minimum absolute atomic E-state index is 0.397. The molecule has 1 fully saturated rings. The van der Waals surface area contributed by atoms with E-state index in [4.69, 9.17) is 0 Å². The highest BCUT2D eigenvalue weighted by Crippen LogP contribution is 2.24. The van der Waals surface area contributed by atoms with Crippen LogP contribution in [0, 0.1) is 17.6 Å². The Labute approximate surface area is 127 Å². The molecular formula is C16H19F2NO3. The van der Waals surface area contributed by atoms with E-state index < -0.39 is 41.0 Å². The summed E-state index contributed by atoms with van der Waals surface area (Å²) >= 11 is 0. The standard InChI is InChI=1S/C16H19F2NO3/c17-10-7-8-13(18)12(9-10)15(20)19-14-6-4-2-1-3-5-11(14)16(21)22/h7-9,11,14H,1-6H2,(H,19,20)(H,21,22). The van der Waals surface area contributed by atoms with Crippen LogP contribution in [0.5, 0.6) is 0 Å². The van der Waals surface area contributed by atoms with Crippen LogP contribution in [0.1, 0.15) is 48.9 Å². The third-order valence-corrected chi connectivity index (χ3v) is 4.07. The summed E-state index contributed by atoms with van der Waals surface area (Å²) in [5.74, 6) is -3.96. The Bertz CT molecular complexity index is 562. The number of rotatable bonds is 3. The van der Waals surface area contributed by atoms with E-state index in [9.17, 15) is 23.5 Å². The smallest absolute Gasteiger partial charge is 0.308 e. The van der Waals surface area contributed by atoms with Gasteiger partial charge in [-0.25, -0.2) is 8.78 Å². The van der Waals surface area contributed by atoms with Gasteiger partial charge in [0.1, 0.15) is 11.6 Å². The number of carboxylic acids is 1. The molecule has 0 heterocycles. The molecule has 1 saturated carbocycles. The summed E-state index contributed by atoms with van der Waals surface area (Å²) in [7, 11) is 0. The Kier molecular flexibility index (Phi) is 5.46. The van der Waals surface area contributed by atoms with Crippen molar-refractivity contribution < 1.29 is 23.5 Å². The molecule has 2 N–H and O–H groups in total. The Morgan fingerprint density at radius 1 is 1.09 bits per heavy atom. The van der Waals surface area contributed by atoms with Crippen molar-refractivity contribution in [3.63, 3.8) is 0 Å². The number of hydrogen-bond donors (Lipinski definition) is 2. The fourth-order valence-electron chi connectivity index (χ4n) is 2.87. The van der Waals surface area contributed by atoms with Crippen LogP contribution in [-0.2, 0) is 4.79 Å². The molecule has 0 saturated heterocycles. The summed E-state index contributed by atoms with van der Waals surface area (Å²) in [5.41, 5.74) is -0.397. The quantitative estimate of drug-likeness (QED) is 0.901. The van der Waals surface area contributed by atoms with Gasteiger partial charge in [-0.05, 0) is 31.0 Å². The van der Waals surface area contributed by atoms with Crippen LogP contribution >= 0.6 is 0 Å². The molecule has 120 valence electrons. The zero-order chi connectivity index (χ0) is 16.1. The monoisotopic (exact) mass is 311 g/mol. The van der Waals surface area contributed by atoms with Crippen molar-refractivity contribution in [1.82, 2.24) is 5.32 Å². The van der Waals surface area contributed by atoms with Gasteiger partial charge < -0.3 is 10.4 Å². The van der Waals surface area contributed by atoms with Crippen LogP contribution in [0.3, 0.4) is 0 Å². The molecule has 1 aliphatic rings. The molecule has 0 spiro atoms. The maximum absolute atomic E-state index is 13.6. The van der Waals surface area contributed by atoms with Crippen molar-refractivity contribution in [1.29, 1.82) is 0 Å². The maximum Gasteiger partial charge on any atom is 0.308 e. The molecule has 1 aromatic rings. The SMILES string of the molecule is O=C(NC1CCCCCCC1C(=O)O)c1cc(F)ccc1F. The van der Waals surface area contributed by atoms with E-state index in [2.05, 4.69) is 5.32 Å². The summed E-state index contributed by atoms with van der Waals surface area (Å²) in [5, 5.41) is 11.9. The minimum atomic E-state index is -0.966. The highest BCUT2D eigenvalue weighted by molar-refractivity contribution is 5.95. The minimum Gasteiger partial charge on any atom is -0.481 e. The van der Waals surface area contributed by atoms with Gasteiger partial charge in [0.2, 0.25) is 0 Å². The second kappa shape index (κ2) is 7.33. The van der Waals surface area contributed by atoms with E-state index in [0.717, 1.165) is 43.9 Å². The average molecular weight is 311 g/mol. The van der Waals surface area contributed by atoms with Crippen molar-refractivity contribution in [2.75, 3.05) is 0 Å². The van der Waals surface area contributed by atoms with Crippen LogP contribution < -0.4 is 5.32 Å². The lowest BCUT2D eigenvalue weighted by atomic mass is 9.86. The predicted molar refractivity (Wildman–Crippen MR) is 76.4 cm³/mol. The molecule has 1 amide bonds. The molecule has 0 aliphatic heterocycles. The summed E-state index contributed by atoms with van der Waals surface area (Å²) in [6.45, 7) is 0. The van der Waals surface area contributed by atoms with Crippen LogP contribution in [0.4, 0.5) is 8.78 Å². The van der Waals surface area contributed by atoms with Crippen LogP contribution in [-0.4, -0.2) is 23.0 Å². The van der Waals surface area contributed by atoms with E-state index in [1.165, 1.54) is 0 Å². The number of carbonyl (C=O) groups excluding carboxylic acids is 1. The van der Waals surface area contributed by atoms with Crippen molar-refractivity contribution in [3.8, 4) is 0 Å². The van der Waals surface area contributed by atoms with E-state index >= 15 is 0 Å². The van der Waals surface area contributed by atoms with Crippen molar-refractivity contribution in [2.45, 2.75) is 44.6 Å². The second-order valence-corrected chi connectivity index (χ2v) is 5.64. The van der Waals surface area contributed by atoms with Gasteiger partial charge in [-0.2, -0.15) is 0 Å². The largest absolute Gasteiger partial charge is 0.481 e. The summed E-state index contributed by atoms with van der Waals surface area (Å²) in [6, 6.07) is 2.08. The third-order valence-electron chi connectivity index (χ3n) is 4.07. The van der Waals surface area contributed by atoms with Gasteiger partial charge in [-0.1, -0.05) is 25.7 Å². The normalized spacial score (nSPS) is 22.5. The van der Waals surface area contributed by atoms with Crippen LogP contribution in [0.25, 0.3) is 0 Å². The Balaban J connectivity index is 2.15. The molecule has 0 bridgehead atoms. The third kappa shape index (κ3) is 4.02. The first-order chi connectivity index (χ1) is 10.5. The van der Waals surface area contributed by atoms with Crippen molar-refractivity contribution in [3.05, 3.63) is 35.4 Å². The molecule has 2 unspecified atom stereocenters. The number of carbonyl (C=O) groups is 2. The van der Waals surface area contributed by atoms with Gasteiger partial charge in [0.15, 0.2) is 0 Å². The van der Waals surface area contributed by atoms with Gasteiger partial charge in [0, 0.05) is 6.04 Å². The van der Waals surface area contributed by atoms with Crippen LogP contribution in [0.15, 0.2) is 18.2 Å². The van der Waals surface area contributed by atoms with Gasteiger partial charge >= 0.3 is 5.97 Å². The zero-order valence-corrected chi connectivity index (χ0v) is 12.1. The number of benzene rings is 1. The first-order valence-electron chi connectivity index (χ1n) is 7.48. The molecule has 4 nitrogen and oxygen atoms in total. The molecule has 2 atom stereocenters. The molecule has 6 heteroatoms. The fraction of sp³-hybridized carbons (Fsp3) is 0.500. The van der Waals surface area contributed by atoms with Crippen molar-refractivity contribution in [2.24, 2.45) is 5.92 Å². The second-order valence-electron chi connectivity index (χ2n) is 5.64. The zero-order valence-electron chi connectivity index (χ0n) is 12.1. The summed E-state index contributed by atoms with van der Waals surface area (Å²) < 4.78 is 26.8. The van der Waals surface area contributed by atoms with Gasteiger partial charge in [-0.3, -0.25) is 9.59 Å². The number of aliphatic carboxylic acids is 1. The number of halogens is 2. The van der Waals surface area contributed by atoms with Gasteiger partial charge in [0.05, 0.1) is 11.5 Å². The van der Waals surface area contributed by atoms with Crippen LogP contribution in [0.2, 0.25) is 0 Å². The predicted octanol–water partition coefficient (Wildman–Crippen LogP) is 3.12. The van der Waals surface area contributed by atoms with E-state index in [1.807, 2.05) is 0 Å². The lowest BCUT2D eigenvalue weighted by molar-refractivity contribution is -0.143. The maximum atomic E-state index is 13.6. The van der Waals surface area contributed by atoms with Gasteiger partial charge in [0.25, 0.3) is 5.91 Å². The first kappa shape index (κ1) is 16.4. The Morgan fingerprint density at radius 3 is 2.45 bits per heavy atom. The van der Waals surface area contributed by atoms with E-state index in [0.29, 0.717) is 12.8 Å². The molecule has 2 rings (SSSR count). The molecule has 1 aromatic carbocycles. The lowest BCUT2D eigenvalue weighted by Crippen LogP contribution is -2.44. The highest BCUT2D eigenvalue weighted by Gasteiger charge is 2.30. The molecule has 0 radical (unpaired) electrons. The number of carboxylic acid groups (broad SMARTS) is 1. The topological polar surface area (TPSA) is 66.4 Å².